The summed E-state index contributed by atoms with van der Waals surface area (Å²) in [7, 11) is -3.69. The Morgan fingerprint density at radius 3 is 2.54 bits per heavy atom. The van der Waals surface area contributed by atoms with Gasteiger partial charge in [0.2, 0.25) is 7.37 Å². The van der Waals surface area contributed by atoms with E-state index < -0.39 is 25.3 Å². The molecule has 4 N–H and O–H groups in total. The number of aliphatic carboxylic acids is 1. The lowest BCUT2D eigenvalue weighted by atomic mass is 10.2. The molecule has 0 radical (unpaired) electrons. The number of hydrogen-bond donors (Lipinski definition) is 3. The smallest absolute Gasteiger partial charge is 0.313 e. The van der Waals surface area contributed by atoms with Crippen molar-refractivity contribution in [2.75, 3.05) is 6.16 Å². The minimum atomic E-state index is -3.69. The highest BCUT2D eigenvalue weighted by Crippen LogP contribution is 2.45. The van der Waals surface area contributed by atoms with Crippen LogP contribution >= 0.6 is 7.37 Å². The minimum absolute atomic E-state index is 0.400. The molecule has 0 fully saturated rings. The maximum Gasteiger partial charge on any atom is 0.313 e. The van der Waals surface area contributed by atoms with Gasteiger partial charge in [0, 0.05) is 0 Å². The first-order valence-electron chi connectivity index (χ1n) is 4.19. The number of rotatable bonds is 6. The Kier molecular flexibility index (Phi) is 5.21. The van der Waals surface area contributed by atoms with Gasteiger partial charge in [-0.3, -0.25) is 9.36 Å². The molecule has 0 aromatic carbocycles. The van der Waals surface area contributed by atoms with Crippen LogP contribution in [0.4, 0.5) is 0 Å². The normalized spacial score (nSPS) is 17.8. The lowest BCUT2D eigenvalue weighted by Gasteiger charge is -2.16. The molecular weight excluding hydrogens is 193 g/mol. The highest BCUT2D eigenvalue weighted by molar-refractivity contribution is 7.59. The van der Waals surface area contributed by atoms with Crippen LogP contribution in [0, 0.1) is 0 Å². The van der Waals surface area contributed by atoms with Crippen LogP contribution in [0.2, 0.25) is 0 Å². The highest BCUT2D eigenvalue weighted by Gasteiger charge is 2.29. The third-order valence-electron chi connectivity index (χ3n) is 1.73. The fourth-order valence-corrected chi connectivity index (χ4v) is 2.13. The van der Waals surface area contributed by atoms with E-state index in [4.69, 9.17) is 10.8 Å². The van der Waals surface area contributed by atoms with Crippen LogP contribution in [-0.4, -0.2) is 27.9 Å². The number of hydrogen-bond acceptors (Lipinski definition) is 3. The zero-order valence-corrected chi connectivity index (χ0v) is 8.54. The molecule has 2 unspecified atom stereocenters. The second kappa shape index (κ2) is 5.37. The van der Waals surface area contributed by atoms with Crippen LogP contribution in [0.5, 0.6) is 0 Å². The van der Waals surface area contributed by atoms with Gasteiger partial charge in [-0.1, -0.05) is 19.8 Å². The molecule has 78 valence electrons. The van der Waals surface area contributed by atoms with Crippen molar-refractivity contribution in [3.8, 4) is 0 Å². The van der Waals surface area contributed by atoms with Gasteiger partial charge in [-0.2, -0.15) is 0 Å². The Balaban J connectivity index is 4.10. The Bertz CT molecular complexity index is 219. The lowest BCUT2D eigenvalue weighted by molar-refractivity contribution is -0.134. The zero-order chi connectivity index (χ0) is 10.5. The van der Waals surface area contributed by atoms with E-state index in [0.717, 1.165) is 12.8 Å². The summed E-state index contributed by atoms with van der Waals surface area (Å²) in [5, 5.41) is 8.34. The lowest BCUT2D eigenvalue weighted by Crippen LogP contribution is -2.23. The third kappa shape index (κ3) is 5.03. The maximum atomic E-state index is 11.3. The van der Waals surface area contributed by atoms with Crippen molar-refractivity contribution in [1.29, 1.82) is 0 Å². The molecule has 2 atom stereocenters. The van der Waals surface area contributed by atoms with Crippen molar-refractivity contribution in [2.45, 2.75) is 32.0 Å². The number of carbonyl (C=O) groups is 1. The summed E-state index contributed by atoms with van der Waals surface area (Å²) in [4.78, 5) is 19.4. The Morgan fingerprint density at radius 1 is 1.62 bits per heavy atom. The minimum Gasteiger partial charge on any atom is -0.481 e. The molecule has 0 heterocycles. The SMILES string of the molecule is CCCCC(N)P(=O)(O)CC(=O)O. The standard InChI is InChI=1S/C7H16NO4P/c1-2-3-4-6(8)13(11,12)5-7(9)10/h6H,2-5,8H2,1H3,(H,9,10)(H,11,12). The van der Waals surface area contributed by atoms with Crippen molar-refractivity contribution in [1.82, 2.24) is 0 Å². The summed E-state index contributed by atoms with van der Waals surface area (Å²) in [5.74, 6) is -2.18. The van der Waals surface area contributed by atoms with Crippen LogP contribution < -0.4 is 5.73 Å². The first kappa shape index (κ1) is 12.6. The average Bonchev–Trinajstić information content (AvgIpc) is 1.97. The van der Waals surface area contributed by atoms with Gasteiger partial charge in [0.15, 0.2) is 0 Å². The molecule has 13 heavy (non-hydrogen) atoms. The van der Waals surface area contributed by atoms with Gasteiger partial charge in [-0.15, -0.1) is 0 Å². The largest absolute Gasteiger partial charge is 0.481 e. The molecule has 6 heteroatoms. The Labute approximate surface area is 77.4 Å². The summed E-state index contributed by atoms with van der Waals surface area (Å²) in [6.45, 7) is 1.94. The van der Waals surface area contributed by atoms with Gasteiger partial charge in [0.1, 0.15) is 6.16 Å². The van der Waals surface area contributed by atoms with E-state index in [1.807, 2.05) is 6.92 Å². The molecule has 0 aliphatic carbocycles. The molecule has 0 saturated heterocycles. The van der Waals surface area contributed by atoms with Crippen molar-refractivity contribution in [3.63, 3.8) is 0 Å². The molecule has 0 amide bonds. The first-order valence-corrected chi connectivity index (χ1v) is 6.10. The van der Waals surface area contributed by atoms with Gasteiger partial charge in [0.25, 0.3) is 0 Å². The van der Waals surface area contributed by atoms with E-state index in [0.29, 0.717) is 6.42 Å². The second-order valence-corrected chi connectivity index (χ2v) is 5.51. The highest BCUT2D eigenvalue weighted by atomic mass is 31.2. The predicted molar refractivity (Wildman–Crippen MR) is 49.8 cm³/mol. The number of carboxylic acid groups (broad SMARTS) is 1. The molecule has 0 aliphatic rings. The summed E-state index contributed by atoms with van der Waals surface area (Å²) in [6, 6.07) is 0. The number of carboxylic acids is 1. The van der Waals surface area contributed by atoms with Gasteiger partial charge < -0.3 is 15.7 Å². The van der Waals surface area contributed by atoms with Crippen LogP contribution in [0.1, 0.15) is 26.2 Å². The molecule has 0 aromatic heterocycles. The summed E-state index contributed by atoms with van der Waals surface area (Å²) >= 11 is 0. The molecule has 5 nitrogen and oxygen atoms in total. The van der Waals surface area contributed by atoms with Gasteiger partial charge in [-0.25, -0.2) is 0 Å². The molecular formula is C7H16NO4P. The second-order valence-electron chi connectivity index (χ2n) is 3.02. The van der Waals surface area contributed by atoms with E-state index in [2.05, 4.69) is 0 Å². The van der Waals surface area contributed by atoms with Gasteiger partial charge >= 0.3 is 5.97 Å². The number of unbranched alkanes of at least 4 members (excludes halogenated alkanes) is 1. The zero-order valence-electron chi connectivity index (χ0n) is 7.64. The van der Waals surface area contributed by atoms with Crippen molar-refractivity contribution >= 4 is 13.3 Å². The Hall–Kier alpha value is -0.380. The maximum absolute atomic E-state index is 11.3. The summed E-state index contributed by atoms with van der Waals surface area (Å²) < 4.78 is 11.3. The van der Waals surface area contributed by atoms with Crippen LogP contribution in [-0.2, 0) is 9.36 Å². The topological polar surface area (TPSA) is 101 Å². The van der Waals surface area contributed by atoms with Gasteiger partial charge in [0.05, 0.1) is 5.78 Å². The molecule has 0 spiro atoms. The summed E-state index contributed by atoms with van der Waals surface area (Å²) in [5.41, 5.74) is 5.41. The Morgan fingerprint density at radius 2 is 2.15 bits per heavy atom. The molecule has 0 bridgehead atoms. The average molecular weight is 209 g/mol. The molecule has 0 aromatic rings. The van der Waals surface area contributed by atoms with Crippen LogP contribution in [0.25, 0.3) is 0 Å². The molecule has 0 aliphatic heterocycles. The van der Waals surface area contributed by atoms with Crippen molar-refractivity contribution < 1.29 is 19.4 Å². The van der Waals surface area contributed by atoms with Crippen molar-refractivity contribution in [3.05, 3.63) is 0 Å². The van der Waals surface area contributed by atoms with E-state index >= 15 is 0 Å². The fourth-order valence-electron chi connectivity index (χ4n) is 0.926. The predicted octanol–water partition coefficient (Wildman–Crippen LogP) is 0.816. The first-order chi connectivity index (χ1) is 5.90. The van der Waals surface area contributed by atoms with Crippen LogP contribution in [0.3, 0.4) is 0 Å². The van der Waals surface area contributed by atoms with Gasteiger partial charge in [-0.05, 0) is 6.42 Å². The van der Waals surface area contributed by atoms with Crippen LogP contribution in [0.15, 0.2) is 0 Å². The molecule has 0 rings (SSSR count). The quantitative estimate of drug-likeness (QED) is 0.562. The monoisotopic (exact) mass is 209 g/mol. The fraction of sp³-hybridized carbons (Fsp3) is 0.857. The molecule has 0 saturated carbocycles. The third-order valence-corrected chi connectivity index (χ3v) is 3.75. The van der Waals surface area contributed by atoms with Crippen molar-refractivity contribution in [2.24, 2.45) is 5.73 Å². The van der Waals surface area contributed by atoms with E-state index in [-0.39, 0.29) is 0 Å². The summed E-state index contributed by atoms with van der Waals surface area (Å²) in [6.07, 6.45) is 1.28. The van der Waals surface area contributed by atoms with E-state index in [9.17, 15) is 14.3 Å². The van der Waals surface area contributed by atoms with E-state index in [1.165, 1.54) is 0 Å². The number of nitrogens with two attached hydrogens (primary N) is 1. The van der Waals surface area contributed by atoms with E-state index in [1.54, 1.807) is 0 Å².